The van der Waals surface area contributed by atoms with Crippen molar-refractivity contribution in [3.63, 3.8) is 0 Å². The highest BCUT2D eigenvalue weighted by Gasteiger charge is 2.17. The lowest BCUT2D eigenvalue weighted by Gasteiger charge is -2.25. The van der Waals surface area contributed by atoms with E-state index in [0.717, 1.165) is 50.1 Å². The Labute approximate surface area is 148 Å². The van der Waals surface area contributed by atoms with Gasteiger partial charge in [-0.15, -0.1) is 0 Å². The molecule has 0 saturated carbocycles. The number of carbonyl (C=O) groups is 1. The molecule has 0 unspecified atom stereocenters. The molecule has 1 aliphatic heterocycles. The third kappa shape index (κ3) is 4.67. The normalized spacial score (nSPS) is 15.1. The number of nitrogens with zero attached hydrogens (tertiary/aromatic N) is 1. The summed E-state index contributed by atoms with van der Waals surface area (Å²) >= 11 is 0. The molecule has 0 spiro atoms. The summed E-state index contributed by atoms with van der Waals surface area (Å²) < 4.78 is 18.5. The third-order valence-corrected chi connectivity index (χ3v) is 4.85. The van der Waals surface area contributed by atoms with Gasteiger partial charge in [0.2, 0.25) is 0 Å². The van der Waals surface area contributed by atoms with Crippen LogP contribution in [0.15, 0.2) is 48.5 Å². The number of hydrogen-bond acceptors (Lipinski definition) is 2. The fourth-order valence-corrected chi connectivity index (χ4v) is 3.21. The van der Waals surface area contributed by atoms with Gasteiger partial charge in [-0.2, -0.15) is 0 Å². The number of amides is 1. The number of carbonyl (C=O) groups excluding carboxylic acids is 1. The molecule has 1 saturated heterocycles. The van der Waals surface area contributed by atoms with Crippen molar-refractivity contribution in [2.75, 3.05) is 26.8 Å². The average molecular weight is 341 g/mol. The van der Waals surface area contributed by atoms with Crippen molar-refractivity contribution in [3.8, 4) is 11.1 Å². The second-order valence-electron chi connectivity index (χ2n) is 6.66. The van der Waals surface area contributed by atoms with E-state index in [2.05, 4.69) is 0 Å². The summed E-state index contributed by atoms with van der Waals surface area (Å²) in [5.41, 5.74) is 2.49. The molecule has 0 atom stereocenters. The van der Waals surface area contributed by atoms with Gasteiger partial charge in [0.05, 0.1) is 0 Å². The van der Waals surface area contributed by atoms with Crippen molar-refractivity contribution in [1.29, 1.82) is 0 Å². The number of ether oxygens (including phenoxy) is 1. The number of hydrogen-bond donors (Lipinski definition) is 0. The van der Waals surface area contributed by atoms with Gasteiger partial charge in [0.25, 0.3) is 5.91 Å². The van der Waals surface area contributed by atoms with Crippen LogP contribution in [0.1, 0.15) is 29.6 Å². The number of benzene rings is 2. The molecule has 0 N–H and O–H groups in total. The van der Waals surface area contributed by atoms with Crippen LogP contribution in [-0.2, 0) is 4.74 Å². The van der Waals surface area contributed by atoms with Gasteiger partial charge in [0.1, 0.15) is 5.82 Å². The highest BCUT2D eigenvalue weighted by Crippen LogP contribution is 2.22. The van der Waals surface area contributed by atoms with E-state index in [4.69, 9.17) is 4.74 Å². The second kappa shape index (κ2) is 8.26. The van der Waals surface area contributed by atoms with Crippen molar-refractivity contribution in [2.24, 2.45) is 5.92 Å². The fraction of sp³-hybridized carbons (Fsp3) is 0.381. The Kier molecular flexibility index (Phi) is 5.82. The van der Waals surface area contributed by atoms with Gasteiger partial charge in [0.15, 0.2) is 0 Å². The van der Waals surface area contributed by atoms with Crippen LogP contribution in [0.3, 0.4) is 0 Å². The topological polar surface area (TPSA) is 29.5 Å². The maximum Gasteiger partial charge on any atom is 0.253 e. The van der Waals surface area contributed by atoms with Crippen LogP contribution in [0.5, 0.6) is 0 Å². The Bertz CT molecular complexity index is 708. The molecule has 4 heteroatoms. The molecule has 0 radical (unpaired) electrons. The zero-order valence-corrected chi connectivity index (χ0v) is 14.6. The molecule has 0 aromatic heterocycles. The first-order valence-corrected chi connectivity index (χ1v) is 8.82. The largest absolute Gasteiger partial charge is 0.381 e. The molecule has 2 aromatic carbocycles. The van der Waals surface area contributed by atoms with Crippen LogP contribution in [0.2, 0.25) is 0 Å². The molecule has 1 aliphatic rings. The van der Waals surface area contributed by atoms with Crippen molar-refractivity contribution in [1.82, 2.24) is 4.90 Å². The van der Waals surface area contributed by atoms with Gasteiger partial charge in [-0.05, 0) is 60.6 Å². The SMILES string of the molecule is CN(CCC1CCOCC1)C(=O)c1cccc(-c2ccc(F)cc2)c1. The van der Waals surface area contributed by atoms with E-state index in [0.29, 0.717) is 11.5 Å². The standard InChI is InChI=1S/C21H24FNO2/c1-23(12-9-16-10-13-25-14-11-16)21(24)19-4-2-3-18(15-19)17-5-7-20(22)8-6-17/h2-8,15-16H,9-14H2,1H3. The van der Waals surface area contributed by atoms with Crippen LogP contribution in [0, 0.1) is 11.7 Å². The summed E-state index contributed by atoms with van der Waals surface area (Å²) in [6, 6.07) is 13.8. The highest BCUT2D eigenvalue weighted by atomic mass is 19.1. The lowest BCUT2D eigenvalue weighted by atomic mass is 9.96. The van der Waals surface area contributed by atoms with Crippen LogP contribution in [0.4, 0.5) is 4.39 Å². The van der Waals surface area contributed by atoms with Crippen molar-refractivity contribution in [3.05, 3.63) is 59.9 Å². The van der Waals surface area contributed by atoms with Crippen LogP contribution in [-0.4, -0.2) is 37.6 Å². The second-order valence-corrected chi connectivity index (χ2v) is 6.66. The van der Waals surface area contributed by atoms with Gasteiger partial charge in [-0.1, -0.05) is 24.3 Å². The van der Waals surface area contributed by atoms with E-state index in [1.54, 1.807) is 17.0 Å². The van der Waals surface area contributed by atoms with Crippen LogP contribution < -0.4 is 0 Å². The van der Waals surface area contributed by atoms with E-state index >= 15 is 0 Å². The summed E-state index contributed by atoms with van der Waals surface area (Å²) in [6.45, 7) is 2.42. The lowest BCUT2D eigenvalue weighted by Crippen LogP contribution is -2.30. The predicted molar refractivity (Wildman–Crippen MR) is 97.0 cm³/mol. The molecule has 25 heavy (non-hydrogen) atoms. The zero-order chi connectivity index (χ0) is 17.6. The highest BCUT2D eigenvalue weighted by molar-refractivity contribution is 5.95. The summed E-state index contributed by atoms with van der Waals surface area (Å²) in [5, 5.41) is 0. The first-order chi connectivity index (χ1) is 12.1. The Hall–Kier alpha value is -2.20. The Morgan fingerprint density at radius 3 is 2.56 bits per heavy atom. The molecule has 2 aromatic rings. The minimum absolute atomic E-state index is 0.0241. The van der Waals surface area contributed by atoms with Crippen LogP contribution >= 0.6 is 0 Å². The summed E-state index contributed by atoms with van der Waals surface area (Å²) in [7, 11) is 1.85. The molecule has 132 valence electrons. The van der Waals surface area contributed by atoms with E-state index in [1.165, 1.54) is 12.1 Å². The summed E-state index contributed by atoms with van der Waals surface area (Å²) in [6.07, 6.45) is 3.19. The molecule has 3 rings (SSSR count). The van der Waals surface area contributed by atoms with E-state index < -0.39 is 0 Å². The minimum Gasteiger partial charge on any atom is -0.381 e. The maximum atomic E-state index is 13.1. The Morgan fingerprint density at radius 1 is 1.12 bits per heavy atom. The lowest BCUT2D eigenvalue weighted by molar-refractivity contribution is 0.0583. The average Bonchev–Trinajstić information content (AvgIpc) is 2.67. The Balaban J connectivity index is 1.64. The molecule has 0 aliphatic carbocycles. The summed E-state index contributed by atoms with van der Waals surface area (Å²) in [4.78, 5) is 14.5. The van der Waals surface area contributed by atoms with Gasteiger partial charge in [-0.3, -0.25) is 4.79 Å². The molecule has 1 fully saturated rings. The third-order valence-electron chi connectivity index (χ3n) is 4.85. The Morgan fingerprint density at radius 2 is 1.84 bits per heavy atom. The van der Waals surface area contributed by atoms with Crippen molar-refractivity contribution < 1.29 is 13.9 Å². The van der Waals surface area contributed by atoms with Gasteiger partial charge in [0, 0.05) is 32.4 Å². The fourth-order valence-electron chi connectivity index (χ4n) is 3.21. The van der Waals surface area contributed by atoms with E-state index in [1.807, 2.05) is 31.3 Å². The first-order valence-electron chi connectivity index (χ1n) is 8.82. The van der Waals surface area contributed by atoms with E-state index in [9.17, 15) is 9.18 Å². The monoisotopic (exact) mass is 341 g/mol. The van der Waals surface area contributed by atoms with E-state index in [-0.39, 0.29) is 11.7 Å². The molecular weight excluding hydrogens is 317 g/mol. The van der Waals surface area contributed by atoms with Gasteiger partial charge in [-0.25, -0.2) is 4.39 Å². The molecule has 0 bridgehead atoms. The maximum absolute atomic E-state index is 13.1. The number of halogens is 1. The molecule has 3 nitrogen and oxygen atoms in total. The summed E-state index contributed by atoms with van der Waals surface area (Å²) in [5.74, 6) is 0.411. The number of rotatable bonds is 5. The smallest absolute Gasteiger partial charge is 0.253 e. The molecule has 1 heterocycles. The van der Waals surface area contributed by atoms with Gasteiger partial charge < -0.3 is 9.64 Å². The molecular formula is C21H24FNO2. The quantitative estimate of drug-likeness (QED) is 0.808. The first kappa shape index (κ1) is 17.6. The van der Waals surface area contributed by atoms with Crippen LogP contribution in [0.25, 0.3) is 11.1 Å². The van der Waals surface area contributed by atoms with Crippen molar-refractivity contribution >= 4 is 5.91 Å². The molecule has 1 amide bonds. The minimum atomic E-state index is -0.260. The van der Waals surface area contributed by atoms with Crippen molar-refractivity contribution in [2.45, 2.75) is 19.3 Å². The zero-order valence-electron chi connectivity index (χ0n) is 14.6. The predicted octanol–water partition coefficient (Wildman–Crippen LogP) is 4.38. The van der Waals surface area contributed by atoms with Gasteiger partial charge >= 0.3 is 0 Å².